The van der Waals surface area contributed by atoms with Gasteiger partial charge < -0.3 is 10.5 Å². The van der Waals surface area contributed by atoms with Crippen LogP contribution in [0.15, 0.2) is 106 Å². The van der Waals surface area contributed by atoms with Crippen LogP contribution in [-0.4, -0.2) is 18.2 Å². The Morgan fingerprint density at radius 2 is 1.90 bits per heavy atom. The maximum atomic E-state index is 15.0. The van der Waals surface area contributed by atoms with Gasteiger partial charge in [-0.15, -0.1) is 5.73 Å². The molecule has 1 aliphatic heterocycles. The Morgan fingerprint density at radius 3 is 2.55 bits per heavy atom. The quantitative estimate of drug-likeness (QED) is 0.292. The van der Waals surface area contributed by atoms with Crippen molar-refractivity contribution in [3.05, 3.63) is 117 Å². The highest BCUT2D eigenvalue weighted by molar-refractivity contribution is 5.94. The maximum absolute atomic E-state index is 15.0. The minimum atomic E-state index is -1.24. The average Bonchev–Trinajstić information content (AvgIpc) is 3.18. The Morgan fingerprint density at radius 1 is 1.20 bits per heavy atom. The van der Waals surface area contributed by atoms with Crippen LogP contribution >= 0.6 is 0 Å². The van der Waals surface area contributed by atoms with Gasteiger partial charge in [-0.2, -0.15) is 0 Å². The number of benzene rings is 1. The molecule has 1 saturated carbocycles. The first-order chi connectivity index (χ1) is 19.0. The second-order valence-electron chi connectivity index (χ2n) is 12.1. The predicted octanol–water partition coefficient (Wildman–Crippen LogP) is 8.64. The van der Waals surface area contributed by atoms with Gasteiger partial charge in [0.15, 0.2) is 0 Å². The van der Waals surface area contributed by atoms with Gasteiger partial charge in [0.2, 0.25) is 5.91 Å². The van der Waals surface area contributed by atoms with Crippen molar-refractivity contribution in [3.63, 3.8) is 0 Å². The lowest BCUT2D eigenvalue weighted by Crippen LogP contribution is -2.29. The number of nitrogens with two attached hydrogens (primary N) is 1. The van der Waals surface area contributed by atoms with Crippen LogP contribution < -0.4 is 5.73 Å². The largest absolute Gasteiger partial charge is 0.493 e. The molecule has 5 rings (SSSR count). The van der Waals surface area contributed by atoms with Gasteiger partial charge >= 0.3 is 0 Å². The molecular formula is C36H40FNO2. The summed E-state index contributed by atoms with van der Waals surface area (Å²) < 4.78 is 21.0. The summed E-state index contributed by atoms with van der Waals surface area (Å²) in [4.78, 5) is 11.7. The monoisotopic (exact) mass is 537 g/mol. The van der Waals surface area contributed by atoms with Crippen molar-refractivity contribution in [1.82, 2.24) is 0 Å². The molecule has 1 aromatic carbocycles. The van der Waals surface area contributed by atoms with E-state index in [0.29, 0.717) is 30.9 Å². The lowest BCUT2D eigenvalue weighted by atomic mass is 9.69. The zero-order valence-electron chi connectivity index (χ0n) is 24.2. The molecule has 1 fully saturated rings. The van der Waals surface area contributed by atoms with Crippen LogP contribution in [0.4, 0.5) is 4.39 Å². The summed E-state index contributed by atoms with van der Waals surface area (Å²) in [6.07, 6.45) is 15.0. The molecule has 1 atom stereocenters. The number of hydrogen-bond donors (Lipinski definition) is 1. The van der Waals surface area contributed by atoms with Crippen molar-refractivity contribution in [2.24, 2.45) is 17.1 Å². The van der Waals surface area contributed by atoms with E-state index >= 15 is 0 Å². The normalized spacial score (nSPS) is 28.5. The molecule has 2 N–H and O–H groups in total. The average molecular weight is 538 g/mol. The van der Waals surface area contributed by atoms with E-state index in [4.69, 9.17) is 10.5 Å². The Hall–Kier alpha value is -3.62. The molecule has 1 amide bonds. The highest BCUT2D eigenvalue weighted by atomic mass is 19.1. The van der Waals surface area contributed by atoms with Crippen LogP contribution in [0.25, 0.3) is 5.57 Å². The maximum Gasteiger partial charge on any atom is 0.248 e. The molecule has 4 heteroatoms. The molecule has 0 saturated heterocycles. The second-order valence-corrected chi connectivity index (χ2v) is 12.1. The second kappa shape index (κ2) is 10.7. The summed E-state index contributed by atoms with van der Waals surface area (Å²) in [5, 5.41) is 0. The SMILES string of the molecule is C=CC1(F)CCC(CC2(C)C=C(c3ccc(C(N)=O)cc3)C3=C=CCC=C(C4=C(C)OCC(C)=C4C)C=C32)CC1. The molecule has 0 radical (unpaired) electrons. The van der Waals surface area contributed by atoms with E-state index in [9.17, 15) is 9.18 Å². The number of fused-ring (bicyclic) bond motifs is 1. The van der Waals surface area contributed by atoms with Gasteiger partial charge in [-0.3, -0.25) is 4.79 Å². The first-order valence-electron chi connectivity index (χ1n) is 14.4. The van der Waals surface area contributed by atoms with E-state index in [0.717, 1.165) is 48.2 Å². The van der Waals surface area contributed by atoms with Gasteiger partial charge in [0.05, 0.1) is 0 Å². The van der Waals surface area contributed by atoms with Crippen molar-refractivity contribution in [2.75, 3.05) is 6.61 Å². The van der Waals surface area contributed by atoms with E-state index in [1.807, 2.05) is 12.1 Å². The Bertz CT molecular complexity index is 1460. The standard InChI is InChI=1S/C36H40FNO2/c1-6-36(37)17-15-26(16-18-36)20-35(5)21-31(27-11-13-28(14-12-27)34(38)39)30-10-8-7-9-29(19-32(30)35)33-24(3)23(2)22-40-25(33)4/h6,8-9,11-14,19,21,26H,1,7,15-18,20,22H2,2-5H3,(H2,38,39). The summed E-state index contributed by atoms with van der Waals surface area (Å²) in [5.41, 5.74) is 17.4. The van der Waals surface area contributed by atoms with E-state index in [2.05, 4.69) is 64.3 Å². The fourth-order valence-electron chi connectivity index (χ4n) is 6.70. The first-order valence-corrected chi connectivity index (χ1v) is 14.4. The zero-order chi connectivity index (χ0) is 28.7. The minimum Gasteiger partial charge on any atom is -0.493 e. The smallest absolute Gasteiger partial charge is 0.248 e. The van der Waals surface area contributed by atoms with Crippen LogP contribution in [0, 0.1) is 11.3 Å². The van der Waals surface area contributed by atoms with Crippen molar-refractivity contribution >= 4 is 11.5 Å². The first kappa shape index (κ1) is 27.9. The Balaban J connectivity index is 1.60. The van der Waals surface area contributed by atoms with E-state index < -0.39 is 11.6 Å². The van der Waals surface area contributed by atoms with Crippen LogP contribution in [0.1, 0.15) is 82.1 Å². The third kappa shape index (κ3) is 5.25. The number of alkyl halides is 1. The number of primary amides is 1. The number of carbonyl (C=O) groups is 1. The van der Waals surface area contributed by atoms with Crippen LogP contribution in [0.5, 0.6) is 0 Å². The fraction of sp³-hybridized carbons (Fsp3) is 0.389. The molecule has 3 nitrogen and oxygen atoms in total. The predicted molar refractivity (Wildman–Crippen MR) is 161 cm³/mol. The van der Waals surface area contributed by atoms with Crippen LogP contribution in [-0.2, 0) is 4.74 Å². The number of carbonyl (C=O) groups excluding carboxylic acids is 1. The molecule has 1 heterocycles. The van der Waals surface area contributed by atoms with E-state index in [-0.39, 0.29) is 5.41 Å². The van der Waals surface area contributed by atoms with Crippen LogP contribution in [0.2, 0.25) is 0 Å². The molecule has 1 unspecified atom stereocenters. The summed E-state index contributed by atoms with van der Waals surface area (Å²) in [7, 11) is 0. The molecular weight excluding hydrogens is 497 g/mol. The lowest BCUT2D eigenvalue weighted by molar-refractivity contribution is 0.1000. The summed E-state index contributed by atoms with van der Waals surface area (Å²) in [6.45, 7) is 13.0. The van der Waals surface area contributed by atoms with Gasteiger partial charge in [-0.05, 0) is 123 Å². The summed E-state index contributed by atoms with van der Waals surface area (Å²) in [5.74, 6) is 0.927. The molecule has 208 valence electrons. The topological polar surface area (TPSA) is 52.3 Å². The van der Waals surface area contributed by atoms with Crippen LogP contribution in [0.3, 0.4) is 0 Å². The fourth-order valence-corrected chi connectivity index (χ4v) is 6.70. The molecule has 0 aromatic heterocycles. The minimum absolute atomic E-state index is 0.268. The summed E-state index contributed by atoms with van der Waals surface area (Å²) >= 11 is 0. The zero-order valence-corrected chi connectivity index (χ0v) is 24.2. The Kier molecular flexibility index (Phi) is 7.50. The van der Waals surface area contributed by atoms with Crippen molar-refractivity contribution in [3.8, 4) is 0 Å². The van der Waals surface area contributed by atoms with Gasteiger partial charge in [-0.25, -0.2) is 4.39 Å². The summed E-state index contributed by atoms with van der Waals surface area (Å²) in [6, 6.07) is 7.52. The molecule has 0 spiro atoms. The molecule has 40 heavy (non-hydrogen) atoms. The van der Waals surface area contributed by atoms with Crippen molar-refractivity contribution < 1.29 is 13.9 Å². The highest BCUT2D eigenvalue weighted by Crippen LogP contribution is 2.54. The van der Waals surface area contributed by atoms with Gasteiger partial charge in [0.25, 0.3) is 0 Å². The number of ether oxygens (including phenoxy) is 1. The van der Waals surface area contributed by atoms with E-state index in [1.165, 1.54) is 33.9 Å². The highest BCUT2D eigenvalue weighted by Gasteiger charge is 2.42. The third-order valence-corrected chi connectivity index (χ3v) is 9.28. The van der Waals surface area contributed by atoms with Crippen molar-refractivity contribution in [2.45, 2.75) is 71.9 Å². The van der Waals surface area contributed by atoms with E-state index in [1.54, 1.807) is 12.1 Å². The third-order valence-electron chi connectivity index (χ3n) is 9.28. The number of halogens is 1. The number of amides is 1. The lowest BCUT2D eigenvalue weighted by Gasteiger charge is -2.36. The van der Waals surface area contributed by atoms with Gasteiger partial charge in [0, 0.05) is 22.1 Å². The molecule has 1 aromatic rings. The molecule has 0 bridgehead atoms. The number of allylic oxidation sites excluding steroid dienone is 11. The molecule has 3 aliphatic carbocycles. The van der Waals surface area contributed by atoms with Crippen molar-refractivity contribution in [1.29, 1.82) is 0 Å². The molecule has 4 aliphatic rings. The number of rotatable bonds is 6. The van der Waals surface area contributed by atoms with Gasteiger partial charge in [-0.1, -0.05) is 43.9 Å². The number of hydrogen-bond acceptors (Lipinski definition) is 2. The Labute approximate surface area is 238 Å². The van der Waals surface area contributed by atoms with Gasteiger partial charge in [0.1, 0.15) is 18.0 Å².